The fourth-order valence-electron chi connectivity index (χ4n) is 3.73. The van der Waals surface area contributed by atoms with Crippen LogP contribution >= 0.6 is 0 Å². The number of likely N-dealkylation sites (tertiary alicyclic amines) is 1. The van der Waals surface area contributed by atoms with Crippen LogP contribution in [0.1, 0.15) is 82.9 Å². The number of nitrogens with one attached hydrogen (secondary N) is 1. The molecular weight excluding hydrogens is 424 g/mol. The van der Waals surface area contributed by atoms with Crippen LogP contribution in [0.3, 0.4) is 0 Å². The molecule has 2 aliphatic rings. The van der Waals surface area contributed by atoms with Crippen LogP contribution in [-0.2, 0) is 9.59 Å². The lowest BCUT2D eigenvalue weighted by atomic mass is 9.85. The quantitative estimate of drug-likeness (QED) is 0.530. The van der Waals surface area contributed by atoms with Crippen molar-refractivity contribution >= 4 is 12.1 Å². The number of allylic oxidation sites excluding steroid dienone is 2. The topological polar surface area (TPSA) is 69.6 Å². The molecule has 3 rings (SSSR count). The van der Waals surface area contributed by atoms with Gasteiger partial charge in [-0.2, -0.15) is 0 Å². The van der Waals surface area contributed by atoms with E-state index >= 15 is 0 Å². The summed E-state index contributed by atoms with van der Waals surface area (Å²) in [5, 5.41) is 10.1. The van der Waals surface area contributed by atoms with Crippen LogP contribution in [-0.4, -0.2) is 48.8 Å². The zero-order valence-electron chi connectivity index (χ0n) is 23.0. The second-order valence-corrected chi connectivity index (χ2v) is 8.63. The molecule has 2 saturated heterocycles. The molecule has 1 aromatic carbocycles. The number of piperidine rings is 2. The van der Waals surface area contributed by atoms with Gasteiger partial charge in [0.15, 0.2) is 0 Å². The van der Waals surface area contributed by atoms with Gasteiger partial charge >= 0.3 is 0 Å². The zero-order valence-corrected chi connectivity index (χ0v) is 23.0. The van der Waals surface area contributed by atoms with Gasteiger partial charge in [-0.1, -0.05) is 52.1 Å². The first-order valence-corrected chi connectivity index (χ1v) is 12.4. The van der Waals surface area contributed by atoms with Crippen LogP contribution in [0.4, 0.5) is 0 Å². The van der Waals surface area contributed by atoms with Gasteiger partial charge < -0.3 is 20.0 Å². The van der Waals surface area contributed by atoms with Crippen molar-refractivity contribution in [2.75, 3.05) is 26.7 Å². The highest BCUT2D eigenvalue weighted by molar-refractivity contribution is 5.72. The molecular formula is C29H50N2O3. The summed E-state index contributed by atoms with van der Waals surface area (Å²) in [6, 6.07) is 6.61. The number of nitrogens with zero attached hydrogens (tertiary/aromatic N) is 1. The number of aliphatic hydroxyl groups is 1. The fourth-order valence-corrected chi connectivity index (χ4v) is 3.73. The standard InChI is InChI=1S/C15H21NO.C8H13N.C3H6O.C2H6.CH4O/c1-12-4-3-5-15(13(12)2)14-6-8-16(9-7-14)10-11-17;1-6-4-5-7(2)9-8(6)3;1-3(2)4;2*1-2/h3-5,11,14H,6-10H2,1-2H3;6,9H,2-5H2,1H3;1-2H3;1-2H3;2H,1H3. The van der Waals surface area contributed by atoms with Crippen molar-refractivity contribution in [3.63, 3.8) is 0 Å². The average molecular weight is 475 g/mol. The predicted octanol–water partition coefficient (Wildman–Crippen LogP) is 5.95. The molecule has 34 heavy (non-hydrogen) atoms. The van der Waals surface area contributed by atoms with E-state index in [9.17, 15) is 9.59 Å². The maximum absolute atomic E-state index is 10.5. The van der Waals surface area contributed by atoms with Crippen molar-refractivity contribution in [3.05, 3.63) is 59.4 Å². The molecule has 2 aliphatic heterocycles. The number of Topliss-reactive ketones (excluding diaryl/α,β-unsaturated/α-hetero) is 1. The SMILES string of the molecule is C=C1CCC(C)C(=C)N1.CC.CC(C)=O.CO.Cc1cccc(C2CCN(CC=O)CC2)c1C. The van der Waals surface area contributed by atoms with Gasteiger partial charge in [-0.15, -0.1) is 0 Å². The molecule has 2 heterocycles. The van der Waals surface area contributed by atoms with Crippen LogP contribution in [0.2, 0.25) is 0 Å². The van der Waals surface area contributed by atoms with Crippen LogP contribution in [0.15, 0.2) is 42.8 Å². The van der Waals surface area contributed by atoms with Crippen molar-refractivity contribution in [2.45, 2.75) is 80.1 Å². The number of rotatable bonds is 3. The Bertz CT molecular complexity index is 731. The maximum atomic E-state index is 10.5. The summed E-state index contributed by atoms with van der Waals surface area (Å²) in [7, 11) is 1.00. The lowest BCUT2D eigenvalue weighted by Crippen LogP contribution is -2.34. The third-order valence-corrected chi connectivity index (χ3v) is 5.82. The number of carbonyl (C=O) groups excluding carboxylic acids is 2. The van der Waals surface area contributed by atoms with Gasteiger partial charge in [0.25, 0.3) is 0 Å². The van der Waals surface area contributed by atoms with Crippen LogP contribution in [0.25, 0.3) is 0 Å². The van der Waals surface area contributed by atoms with E-state index in [4.69, 9.17) is 5.11 Å². The van der Waals surface area contributed by atoms with Gasteiger partial charge in [-0.25, -0.2) is 0 Å². The highest BCUT2D eigenvalue weighted by atomic mass is 16.2. The smallest absolute Gasteiger partial charge is 0.133 e. The van der Waals surface area contributed by atoms with E-state index in [1.54, 1.807) is 0 Å². The Hall–Kier alpha value is -2.24. The number of aryl methyl sites for hydroxylation is 1. The predicted molar refractivity (Wildman–Crippen MR) is 146 cm³/mol. The molecule has 0 aliphatic carbocycles. The van der Waals surface area contributed by atoms with E-state index in [1.165, 1.54) is 49.8 Å². The summed E-state index contributed by atoms with van der Waals surface area (Å²) >= 11 is 0. The molecule has 0 aromatic heterocycles. The number of hydrogen-bond donors (Lipinski definition) is 2. The van der Waals surface area contributed by atoms with Crippen LogP contribution in [0, 0.1) is 19.8 Å². The van der Waals surface area contributed by atoms with Gasteiger partial charge in [0.05, 0.1) is 6.54 Å². The lowest BCUT2D eigenvalue weighted by Gasteiger charge is -2.31. The Morgan fingerprint density at radius 3 is 2.09 bits per heavy atom. The van der Waals surface area contributed by atoms with Crippen molar-refractivity contribution in [1.82, 2.24) is 10.2 Å². The second-order valence-electron chi connectivity index (χ2n) is 8.63. The third-order valence-electron chi connectivity index (χ3n) is 5.82. The van der Waals surface area contributed by atoms with Gasteiger partial charge in [0.1, 0.15) is 12.1 Å². The minimum absolute atomic E-state index is 0.167. The number of aliphatic hydroxyl groups excluding tert-OH is 1. The molecule has 0 bridgehead atoms. The van der Waals surface area contributed by atoms with E-state index < -0.39 is 0 Å². The highest BCUT2D eigenvalue weighted by Gasteiger charge is 2.21. The zero-order chi connectivity index (χ0) is 26.7. The number of carbonyl (C=O) groups is 2. The first kappa shape index (κ1) is 33.9. The molecule has 2 N–H and O–H groups in total. The summed E-state index contributed by atoms with van der Waals surface area (Å²) in [4.78, 5) is 22.2. The molecule has 0 saturated carbocycles. The van der Waals surface area contributed by atoms with E-state index in [-0.39, 0.29) is 5.78 Å². The highest BCUT2D eigenvalue weighted by Crippen LogP contribution is 2.31. The summed E-state index contributed by atoms with van der Waals surface area (Å²) in [5.74, 6) is 1.47. The number of benzene rings is 1. The van der Waals surface area contributed by atoms with E-state index in [1.807, 2.05) is 13.8 Å². The average Bonchev–Trinajstić information content (AvgIpc) is 2.82. The van der Waals surface area contributed by atoms with Gasteiger partial charge in [0, 0.05) is 18.5 Å². The molecule has 5 nitrogen and oxygen atoms in total. The summed E-state index contributed by atoms with van der Waals surface area (Å²) in [6.45, 7) is 24.0. The molecule has 1 atom stereocenters. The van der Waals surface area contributed by atoms with Gasteiger partial charge in [-0.3, -0.25) is 4.90 Å². The molecule has 1 aromatic rings. The Kier molecular flexibility index (Phi) is 20.1. The molecule has 0 spiro atoms. The maximum Gasteiger partial charge on any atom is 0.133 e. The monoisotopic (exact) mass is 474 g/mol. The van der Waals surface area contributed by atoms with Crippen molar-refractivity contribution < 1.29 is 14.7 Å². The second kappa shape index (κ2) is 20.2. The minimum Gasteiger partial charge on any atom is -0.400 e. The largest absolute Gasteiger partial charge is 0.400 e. The van der Waals surface area contributed by atoms with Gasteiger partial charge in [0.2, 0.25) is 0 Å². The Morgan fingerprint density at radius 1 is 1.12 bits per heavy atom. The molecule has 0 amide bonds. The number of aldehydes is 1. The first-order chi connectivity index (χ1) is 16.1. The summed E-state index contributed by atoms with van der Waals surface area (Å²) in [6.07, 6.45) is 5.67. The minimum atomic E-state index is 0.167. The molecule has 0 radical (unpaired) electrons. The normalized spacial score (nSPS) is 17.6. The molecule has 2 fully saturated rings. The Morgan fingerprint density at radius 2 is 1.65 bits per heavy atom. The van der Waals surface area contributed by atoms with E-state index in [2.05, 4.69) is 62.3 Å². The third kappa shape index (κ3) is 14.1. The summed E-state index contributed by atoms with van der Waals surface area (Å²) < 4.78 is 0. The van der Waals surface area contributed by atoms with Crippen molar-refractivity contribution in [1.29, 1.82) is 0 Å². The van der Waals surface area contributed by atoms with Crippen molar-refractivity contribution in [3.8, 4) is 0 Å². The molecule has 5 heteroatoms. The number of hydrogen-bond acceptors (Lipinski definition) is 5. The van der Waals surface area contributed by atoms with E-state index in [0.29, 0.717) is 18.4 Å². The fraction of sp³-hybridized carbons (Fsp3) is 0.586. The summed E-state index contributed by atoms with van der Waals surface area (Å²) in [5.41, 5.74) is 6.57. The molecule has 1 unspecified atom stereocenters. The lowest BCUT2D eigenvalue weighted by molar-refractivity contribution is -0.115. The van der Waals surface area contributed by atoms with Crippen molar-refractivity contribution in [2.24, 2.45) is 5.92 Å². The molecule has 194 valence electrons. The Labute approximate surface area is 209 Å². The number of ketones is 1. The van der Waals surface area contributed by atoms with Crippen LogP contribution < -0.4 is 5.32 Å². The van der Waals surface area contributed by atoms with E-state index in [0.717, 1.165) is 44.3 Å². The van der Waals surface area contributed by atoms with Gasteiger partial charge in [-0.05, 0) is 95.0 Å². The van der Waals surface area contributed by atoms with Crippen LogP contribution in [0.5, 0.6) is 0 Å². The first-order valence-electron chi connectivity index (χ1n) is 12.4. The Balaban J connectivity index is 0.